The standard InChI is InChI=1S/C25H21N3O5/c26-24(27)16-6-8-18(9-7-16)32-12-13-33-19-10-11-20-22(14-19)28(17-4-2-1-3-5-17)15-21(23(20)29)25(30)31/h1-11,14-15H,12-13H2,(H3,26,27)(H,30,31). The molecule has 33 heavy (non-hydrogen) atoms. The molecule has 0 radical (unpaired) electrons. The number of carbonyl (C=O) groups is 1. The molecule has 4 aromatic rings. The smallest absolute Gasteiger partial charge is 0.341 e. The molecule has 8 heteroatoms. The summed E-state index contributed by atoms with van der Waals surface area (Å²) in [7, 11) is 0. The number of nitrogens with zero attached hydrogens (tertiary/aromatic N) is 1. The molecule has 8 nitrogen and oxygen atoms in total. The van der Waals surface area contributed by atoms with Crippen LogP contribution in [0.15, 0.2) is 83.8 Å². The fraction of sp³-hybridized carbons (Fsp3) is 0.0800. The number of nitrogen functional groups attached to an aromatic ring is 1. The lowest BCUT2D eigenvalue weighted by molar-refractivity contribution is 0.0695. The molecule has 4 N–H and O–H groups in total. The normalized spacial score (nSPS) is 10.7. The molecule has 4 rings (SSSR count). The predicted octanol–water partition coefficient (Wildman–Crippen LogP) is 3.43. The molecule has 0 unspecified atom stereocenters. The number of nitrogens with two attached hydrogens (primary N) is 1. The molecule has 0 aliphatic heterocycles. The Morgan fingerprint density at radius 2 is 1.58 bits per heavy atom. The van der Waals surface area contributed by atoms with Gasteiger partial charge in [0, 0.05) is 28.9 Å². The molecule has 0 fully saturated rings. The first-order valence-corrected chi connectivity index (χ1v) is 10.1. The van der Waals surface area contributed by atoms with Crippen LogP contribution < -0.4 is 20.6 Å². The number of benzene rings is 3. The fourth-order valence-corrected chi connectivity index (χ4v) is 3.40. The van der Waals surface area contributed by atoms with Crippen molar-refractivity contribution >= 4 is 22.7 Å². The van der Waals surface area contributed by atoms with Gasteiger partial charge in [-0.05, 0) is 48.5 Å². The van der Waals surface area contributed by atoms with Crippen molar-refractivity contribution in [3.63, 3.8) is 0 Å². The Morgan fingerprint density at radius 3 is 2.21 bits per heavy atom. The number of carboxylic acid groups (broad SMARTS) is 1. The van der Waals surface area contributed by atoms with Crippen molar-refractivity contribution in [3.8, 4) is 17.2 Å². The number of pyridine rings is 1. The van der Waals surface area contributed by atoms with Crippen LogP contribution >= 0.6 is 0 Å². The predicted molar refractivity (Wildman–Crippen MR) is 125 cm³/mol. The molecule has 1 heterocycles. The van der Waals surface area contributed by atoms with Gasteiger partial charge in [0.25, 0.3) is 0 Å². The first-order chi connectivity index (χ1) is 15.9. The van der Waals surface area contributed by atoms with Crippen molar-refractivity contribution < 1.29 is 19.4 Å². The summed E-state index contributed by atoms with van der Waals surface area (Å²) in [5, 5.41) is 17.2. The van der Waals surface area contributed by atoms with E-state index in [-0.39, 0.29) is 30.0 Å². The summed E-state index contributed by atoms with van der Waals surface area (Å²) in [6, 6.07) is 20.9. The van der Waals surface area contributed by atoms with E-state index in [1.807, 2.05) is 30.3 Å². The van der Waals surface area contributed by atoms with Crippen LogP contribution in [-0.2, 0) is 0 Å². The third-order valence-corrected chi connectivity index (χ3v) is 5.03. The molecule has 0 saturated carbocycles. The lowest BCUT2D eigenvalue weighted by atomic mass is 10.1. The highest BCUT2D eigenvalue weighted by Crippen LogP contribution is 2.23. The van der Waals surface area contributed by atoms with Crippen LogP contribution in [0.4, 0.5) is 0 Å². The second-order valence-corrected chi connectivity index (χ2v) is 7.20. The van der Waals surface area contributed by atoms with Crippen LogP contribution in [-0.4, -0.2) is 34.7 Å². The van der Waals surface area contributed by atoms with Gasteiger partial charge in [-0.1, -0.05) is 18.2 Å². The molecule has 0 aliphatic carbocycles. The zero-order valence-corrected chi connectivity index (χ0v) is 17.5. The van der Waals surface area contributed by atoms with Crippen LogP contribution in [0.3, 0.4) is 0 Å². The van der Waals surface area contributed by atoms with Crippen molar-refractivity contribution in [2.45, 2.75) is 0 Å². The summed E-state index contributed by atoms with van der Waals surface area (Å²) in [5.74, 6) is -0.141. The fourth-order valence-electron chi connectivity index (χ4n) is 3.40. The monoisotopic (exact) mass is 443 g/mol. The van der Waals surface area contributed by atoms with Gasteiger partial charge in [0.1, 0.15) is 36.1 Å². The maximum atomic E-state index is 12.7. The Morgan fingerprint density at radius 1 is 0.939 bits per heavy atom. The first-order valence-electron chi connectivity index (χ1n) is 10.1. The number of hydrogen-bond acceptors (Lipinski definition) is 5. The molecule has 1 aromatic heterocycles. The van der Waals surface area contributed by atoms with E-state index < -0.39 is 11.4 Å². The largest absolute Gasteiger partial charge is 0.490 e. The number of fused-ring (bicyclic) bond motifs is 1. The summed E-state index contributed by atoms with van der Waals surface area (Å²) in [6.45, 7) is 0.531. The topological polar surface area (TPSA) is 128 Å². The van der Waals surface area contributed by atoms with E-state index in [0.29, 0.717) is 22.6 Å². The van der Waals surface area contributed by atoms with Gasteiger partial charge in [-0.3, -0.25) is 10.2 Å². The number of aromatic nitrogens is 1. The minimum absolute atomic E-state index is 0.00867. The molecule has 0 amide bonds. The van der Waals surface area contributed by atoms with Crippen LogP contribution in [0.1, 0.15) is 15.9 Å². The van der Waals surface area contributed by atoms with E-state index in [1.165, 1.54) is 6.20 Å². The van der Waals surface area contributed by atoms with E-state index >= 15 is 0 Å². The third-order valence-electron chi connectivity index (χ3n) is 5.03. The zero-order chi connectivity index (χ0) is 23.4. The molecule has 0 bridgehead atoms. The number of amidine groups is 1. The first kappa shape index (κ1) is 21.6. The Balaban J connectivity index is 1.55. The van der Waals surface area contributed by atoms with E-state index in [4.69, 9.17) is 20.6 Å². The van der Waals surface area contributed by atoms with Crippen molar-refractivity contribution in [3.05, 3.63) is 100 Å². The number of rotatable bonds is 8. The summed E-state index contributed by atoms with van der Waals surface area (Å²) in [5.41, 5.74) is 6.47. The number of nitrogens with one attached hydrogen (secondary N) is 1. The molecule has 0 atom stereocenters. The minimum Gasteiger partial charge on any atom is -0.490 e. The molecule has 0 saturated heterocycles. The molecular formula is C25H21N3O5. The van der Waals surface area contributed by atoms with Gasteiger partial charge in [-0.25, -0.2) is 4.79 Å². The lowest BCUT2D eigenvalue weighted by Crippen LogP contribution is -2.18. The number of para-hydroxylation sites is 1. The van der Waals surface area contributed by atoms with Crippen molar-refractivity contribution in [2.24, 2.45) is 5.73 Å². The summed E-state index contributed by atoms with van der Waals surface area (Å²) >= 11 is 0. The van der Waals surface area contributed by atoms with E-state index in [2.05, 4.69) is 0 Å². The van der Waals surface area contributed by atoms with E-state index in [0.717, 1.165) is 5.69 Å². The average molecular weight is 443 g/mol. The van der Waals surface area contributed by atoms with Gasteiger partial charge in [0.15, 0.2) is 0 Å². The minimum atomic E-state index is -1.28. The van der Waals surface area contributed by atoms with Crippen LogP contribution in [0.5, 0.6) is 11.5 Å². The number of carboxylic acids is 1. The van der Waals surface area contributed by atoms with E-state index in [1.54, 1.807) is 47.0 Å². The van der Waals surface area contributed by atoms with Crippen LogP contribution in [0, 0.1) is 5.41 Å². The van der Waals surface area contributed by atoms with Gasteiger partial charge in [0.05, 0.1) is 5.52 Å². The highest BCUT2D eigenvalue weighted by atomic mass is 16.5. The zero-order valence-electron chi connectivity index (χ0n) is 17.5. The number of hydrogen-bond donors (Lipinski definition) is 3. The highest BCUT2D eigenvalue weighted by molar-refractivity contribution is 5.95. The number of aromatic carboxylic acids is 1. The van der Waals surface area contributed by atoms with Gasteiger partial charge < -0.3 is 24.9 Å². The highest BCUT2D eigenvalue weighted by Gasteiger charge is 2.16. The Labute approximate surface area is 188 Å². The average Bonchev–Trinajstić information content (AvgIpc) is 2.82. The van der Waals surface area contributed by atoms with Crippen molar-refractivity contribution in [1.82, 2.24) is 4.57 Å². The van der Waals surface area contributed by atoms with Crippen LogP contribution in [0.2, 0.25) is 0 Å². The van der Waals surface area contributed by atoms with Crippen molar-refractivity contribution in [1.29, 1.82) is 5.41 Å². The third kappa shape index (κ3) is 4.69. The molecule has 166 valence electrons. The molecule has 0 spiro atoms. The summed E-state index contributed by atoms with van der Waals surface area (Å²) in [4.78, 5) is 24.3. The van der Waals surface area contributed by atoms with E-state index in [9.17, 15) is 14.7 Å². The van der Waals surface area contributed by atoms with Gasteiger partial charge in [-0.2, -0.15) is 0 Å². The maximum absolute atomic E-state index is 12.7. The summed E-state index contributed by atoms with van der Waals surface area (Å²) < 4.78 is 13.1. The Hall–Kier alpha value is -4.59. The van der Waals surface area contributed by atoms with Crippen LogP contribution in [0.25, 0.3) is 16.6 Å². The van der Waals surface area contributed by atoms with Gasteiger partial charge >= 0.3 is 5.97 Å². The maximum Gasteiger partial charge on any atom is 0.341 e. The SMILES string of the molecule is N=C(N)c1ccc(OCCOc2ccc3c(=O)c(C(=O)O)cn(-c4ccccc4)c3c2)cc1. The Kier molecular flexibility index (Phi) is 6.08. The molecule has 3 aromatic carbocycles. The quantitative estimate of drug-likeness (QED) is 0.217. The molecular weight excluding hydrogens is 422 g/mol. The number of ether oxygens (including phenoxy) is 2. The molecule has 0 aliphatic rings. The second-order valence-electron chi connectivity index (χ2n) is 7.20. The van der Waals surface area contributed by atoms with Gasteiger partial charge in [0.2, 0.25) is 5.43 Å². The lowest BCUT2D eigenvalue weighted by Gasteiger charge is -2.14. The second kappa shape index (κ2) is 9.27. The Bertz CT molecular complexity index is 1380. The van der Waals surface area contributed by atoms with Crippen molar-refractivity contribution in [2.75, 3.05) is 13.2 Å². The summed E-state index contributed by atoms with van der Waals surface area (Å²) in [6.07, 6.45) is 1.33. The van der Waals surface area contributed by atoms with Gasteiger partial charge in [-0.15, -0.1) is 0 Å².